The van der Waals surface area contributed by atoms with Gasteiger partial charge in [-0.1, -0.05) is 31.5 Å². The molecule has 86 valence electrons. The summed E-state index contributed by atoms with van der Waals surface area (Å²) < 4.78 is 0. The van der Waals surface area contributed by atoms with E-state index >= 15 is 0 Å². The van der Waals surface area contributed by atoms with Crippen LogP contribution in [0, 0.1) is 0 Å². The van der Waals surface area contributed by atoms with Crippen LogP contribution in [-0.2, 0) is 4.79 Å². The van der Waals surface area contributed by atoms with Gasteiger partial charge in [0.05, 0.1) is 0 Å². The van der Waals surface area contributed by atoms with Gasteiger partial charge in [0.2, 0.25) is 0 Å². The van der Waals surface area contributed by atoms with Gasteiger partial charge in [0.15, 0.2) is 0 Å². The molecule has 0 unspecified atom stereocenters. The van der Waals surface area contributed by atoms with Gasteiger partial charge in [-0.05, 0) is 18.6 Å². The van der Waals surface area contributed by atoms with E-state index in [1.54, 1.807) is 6.20 Å². The van der Waals surface area contributed by atoms with E-state index < -0.39 is 5.97 Å². The highest BCUT2D eigenvalue weighted by molar-refractivity contribution is 5.80. The Morgan fingerprint density at radius 2 is 2.06 bits per heavy atom. The molecule has 1 aromatic carbocycles. The largest absolute Gasteiger partial charge is 0.478 e. The second-order valence-corrected chi connectivity index (χ2v) is 3.54. The van der Waals surface area contributed by atoms with Gasteiger partial charge in [-0.25, -0.2) is 4.79 Å². The van der Waals surface area contributed by atoms with Crippen LogP contribution in [0.15, 0.2) is 42.6 Å². The van der Waals surface area contributed by atoms with E-state index in [2.05, 4.69) is 6.92 Å². The summed E-state index contributed by atoms with van der Waals surface area (Å²) in [4.78, 5) is 12.5. The molecule has 0 amide bonds. The Bertz CT molecular complexity index is 346. The van der Waals surface area contributed by atoms with E-state index in [0.717, 1.165) is 25.1 Å². The van der Waals surface area contributed by atoms with E-state index in [1.807, 2.05) is 35.2 Å². The predicted molar refractivity (Wildman–Crippen MR) is 65.5 cm³/mol. The number of unbranched alkanes of at least 4 members (excludes halogenated alkanes) is 1. The molecule has 0 spiro atoms. The van der Waals surface area contributed by atoms with Gasteiger partial charge < -0.3 is 10.0 Å². The molecule has 1 rings (SSSR count). The van der Waals surface area contributed by atoms with E-state index in [4.69, 9.17) is 5.11 Å². The first-order valence-corrected chi connectivity index (χ1v) is 5.47. The lowest BCUT2D eigenvalue weighted by Gasteiger charge is -2.19. The molecule has 0 fully saturated rings. The van der Waals surface area contributed by atoms with Crippen molar-refractivity contribution in [2.24, 2.45) is 0 Å². The van der Waals surface area contributed by atoms with Gasteiger partial charge in [-0.3, -0.25) is 0 Å². The maximum absolute atomic E-state index is 10.5. The van der Waals surface area contributed by atoms with Crippen LogP contribution >= 0.6 is 0 Å². The summed E-state index contributed by atoms with van der Waals surface area (Å²) in [6.45, 7) is 2.95. The van der Waals surface area contributed by atoms with Gasteiger partial charge in [-0.2, -0.15) is 0 Å². The molecule has 16 heavy (non-hydrogen) atoms. The van der Waals surface area contributed by atoms with Gasteiger partial charge in [-0.15, -0.1) is 0 Å². The van der Waals surface area contributed by atoms with Gasteiger partial charge in [0, 0.05) is 24.5 Å². The van der Waals surface area contributed by atoms with Gasteiger partial charge in [0.25, 0.3) is 0 Å². The minimum absolute atomic E-state index is 0.838. The number of nitrogens with zero attached hydrogens (tertiary/aromatic N) is 1. The number of aliphatic carboxylic acids is 1. The molecule has 0 saturated carbocycles. The summed E-state index contributed by atoms with van der Waals surface area (Å²) in [5.74, 6) is -0.919. The Hall–Kier alpha value is -1.77. The molecular weight excluding hydrogens is 202 g/mol. The lowest BCUT2D eigenvalue weighted by atomic mass is 10.2. The van der Waals surface area contributed by atoms with Crippen LogP contribution in [0.5, 0.6) is 0 Å². The quantitative estimate of drug-likeness (QED) is 0.748. The maximum atomic E-state index is 10.5. The lowest BCUT2D eigenvalue weighted by molar-refractivity contribution is -0.131. The molecule has 0 heterocycles. The topological polar surface area (TPSA) is 40.5 Å². The highest BCUT2D eigenvalue weighted by Crippen LogP contribution is 2.14. The standard InChI is InChI=1S/C13H17NO2/c1-2-3-10-14(11-9-13(15)16)12-7-5-4-6-8-12/h4-9,11H,2-3,10H2,1H3,(H,15,16). The number of hydrogen-bond donors (Lipinski definition) is 1. The van der Waals surface area contributed by atoms with Gasteiger partial charge in [0.1, 0.15) is 0 Å². The van der Waals surface area contributed by atoms with Crippen molar-refractivity contribution in [3.05, 3.63) is 42.6 Å². The molecule has 0 atom stereocenters. The highest BCUT2D eigenvalue weighted by atomic mass is 16.4. The third-order valence-corrected chi connectivity index (χ3v) is 2.24. The summed E-state index contributed by atoms with van der Waals surface area (Å²) >= 11 is 0. The molecule has 3 nitrogen and oxygen atoms in total. The smallest absolute Gasteiger partial charge is 0.329 e. The summed E-state index contributed by atoms with van der Waals surface area (Å²) in [5.41, 5.74) is 1.02. The molecule has 0 saturated heterocycles. The van der Waals surface area contributed by atoms with Crippen LogP contribution in [0.2, 0.25) is 0 Å². The first kappa shape index (κ1) is 12.3. The molecular formula is C13H17NO2. The Labute approximate surface area is 96.0 Å². The first-order valence-electron chi connectivity index (χ1n) is 5.47. The van der Waals surface area contributed by atoms with Gasteiger partial charge >= 0.3 is 5.97 Å². The number of benzene rings is 1. The summed E-state index contributed by atoms with van der Waals surface area (Å²) in [5, 5.41) is 8.62. The van der Waals surface area contributed by atoms with Crippen molar-refractivity contribution in [3.8, 4) is 0 Å². The van der Waals surface area contributed by atoms with Crippen LogP contribution in [0.25, 0.3) is 0 Å². The van der Waals surface area contributed by atoms with E-state index in [0.29, 0.717) is 0 Å². The van der Waals surface area contributed by atoms with Crippen molar-refractivity contribution >= 4 is 11.7 Å². The van der Waals surface area contributed by atoms with Crippen molar-refractivity contribution in [1.82, 2.24) is 0 Å². The van der Waals surface area contributed by atoms with Crippen LogP contribution in [-0.4, -0.2) is 17.6 Å². The third-order valence-electron chi connectivity index (χ3n) is 2.24. The minimum Gasteiger partial charge on any atom is -0.478 e. The second kappa shape index (κ2) is 6.67. The minimum atomic E-state index is -0.919. The SMILES string of the molecule is CCCCN(C=CC(=O)O)c1ccccc1. The molecule has 0 aliphatic heterocycles. The zero-order chi connectivity index (χ0) is 11.8. The number of carbonyl (C=O) groups is 1. The first-order chi connectivity index (χ1) is 7.74. The molecule has 0 aromatic heterocycles. The number of carboxylic acid groups (broad SMARTS) is 1. The fourth-order valence-electron chi connectivity index (χ4n) is 1.39. The van der Waals surface area contributed by atoms with Crippen molar-refractivity contribution in [2.45, 2.75) is 19.8 Å². The number of rotatable bonds is 6. The molecule has 1 aromatic rings. The van der Waals surface area contributed by atoms with Crippen LogP contribution < -0.4 is 4.90 Å². The van der Waals surface area contributed by atoms with E-state index in [9.17, 15) is 4.79 Å². The summed E-state index contributed by atoms with van der Waals surface area (Å²) in [6, 6.07) is 9.79. The highest BCUT2D eigenvalue weighted by Gasteiger charge is 2.01. The third kappa shape index (κ3) is 4.17. The number of anilines is 1. The molecule has 0 aliphatic rings. The number of hydrogen-bond acceptors (Lipinski definition) is 2. The van der Waals surface area contributed by atoms with Crippen molar-refractivity contribution in [3.63, 3.8) is 0 Å². The lowest BCUT2D eigenvalue weighted by Crippen LogP contribution is -2.17. The van der Waals surface area contributed by atoms with Crippen LogP contribution in [0.3, 0.4) is 0 Å². The Morgan fingerprint density at radius 3 is 2.62 bits per heavy atom. The molecule has 3 heteroatoms. The van der Waals surface area contributed by atoms with E-state index in [1.165, 1.54) is 6.08 Å². The average molecular weight is 219 g/mol. The molecule has 0 radical (unpaired) electrons. The molecule has 1 N–H and O–H groups in total. The van der Waals surface area contributed by atoms with Crippen molar-refractivity contribution in [1.29, 1.82) is 0 Å². The average Bonchev–Trinajstić information content (AvgIpc) is 2.30. The summed E-state index contributed by atoms with van der Waals surface area (Å²) in [6.07, 6.45) is 4.92. The second-order valence-electron chi connectivity index (χ2n) is 3.54. The molecule has 0 bridgehead atoms. The number of carboxylic acids is 1. The zero-order valence-electron chi connectivity index (χ0n) is 9.47. The molecule has 0 aliphatic carbocycles. The Balaban J connectivity index is 2.75. The zero-order valence-corrected chi connectivity index (χ0v) is 9.47. The van der Waals surface area contributed by atoms with Crippen molar-refractivity contribution < 1.29 is 9.90 Å². The number of para-hydroxylation sites is 1. The van der Waals surface area contributed by atoms with Crippen LogP contribution in [0.4, 0.5) is 5.69 Å². The predicted octanol–water partition coefficient (Wildman–Crippen LogP) is 2.89. The normalized spacial score (nSPS) is 10.6. The maximum Gasteiger partial charge on any atom is 0.329 e. The van der Waals surface area contributed by atoms with Crippen molar-refractivity contribution in [2.75, 3.05) is 11.4 Å². The monoisotopic (exact) mass is 219 g/mol. The fraction of sp³-hybridized carbons (Fsp3) is 0.308. The fourth-order valence-corrected chi connectivity index (χ4v) is 1.39. The Kier molecular flexibility index (Phi) is 5.12. The summed E-state index contributed by atoms with van der Waals surface area (Å²) in [7, 11) is 0. The van der Waals surface area contributed by atoms with Crippen LogP contribution in [0.1, 0.15) is 19.8 Å². The Morgan fingerprint density at radius 1 is 1.38 bits per heavy atom. The van der Waals surface area contributed by atoms with E-state index in [-0.39, 0.29) is 0 Å².